The lowest BCUT2D eigenvalue weighted by Gasteiger charge is -2.15. The van der Waals surface area contributed by atoms with E-state index in [0.717, 1.165) is 0 Å². The highest BCUT2D eigenvalue weighted by molar-refractivity contribution is 7.92. The SMILES string of the molecule is CCOC(=O)C1(C(=O)OCC)C(c2ccc(OC)cc2)C1S(=O)(=O)c1ccccc1. The Morgan fingerprint density at radius 2 is 1.43 bits per heavy atom. The molecule has 0 aromatic heterocycles. The monoisotopic (exact) mass is 432 g/mol. The topological polar surface area (TPSA) is 96.0 Å². The number of benzene rings is 2. The van der Waals surface area contributed by atoms with E-state index in [1.165, 1.54) is 19.2 Å². The molecular weight excluding hydrogens is 408 g/mol. The Labute approximate surface area is 175 Å². The predicted octanol–water partition coefficient (Wildman–Crippen LogP) is 2.75. The summed E-state index contributed by atoms with van der Waals surface area (Å²) in [5, 5.41) is -1.33. The minimum Gasteiger partial charge on any atom is -0.497 e. The summed E-state index contributed by atoms with van der Waals surface area (Å²) in [5.74, 6) is -2.16. The average molecular weight is 432 g/mol. The molecule has 0 bridgehead atoms. The van der Waals surface area contributed by atoms with Gasteiger partial charge in [-0.05, 0) is 43.7 Å². The molecule has 0 spiro atoms. The molecule has 0 N–H and O–H groups in total. The molecule has 2 atom stereocenters. The highest BCUT2D eigenvalue weighted by Gasteiger charge is 2.81. The minimum absolute atomic E-state index is 0.00737. The van der Waals surface area contributed by atoms with Gasteiger partial charge in [-0.15, -0.1) is 0 Å². The van der Waals surface area contributed by atoms with Crippen molar-refractivity contribution >= 4 is 21.8 Å². The van der Waals surface area contributed by atoms with Crippen LogP contribution in [0.15, 0.2) is 59.5 Å². The minimum atomic E-state index is -4.05. The van der Waals surface area contributed by atoms with Crippen molar-refractivity contribution in [1.29, 1.82) is 0 Å². The second-order valence-corrected chi connectivity index (χ2v) is 8.91. The lowest BCUT2D eigenvalue weighted by atomic mass is 9.99. The zero-order valence-electron chi connectivity index (χ0n) is 17.0. The standard InChI is InChI=1S/C22H24O7S/c1-4-28-20(23)22(21(24)29-5-2)18(15-11-13-16(27-3)14-12-15)19(22)30(25,26)17-9-7-6-8-10-17/h6-14,18-19H,4-5H2,1-3H3. The molecule has 160 valence electrons. The zero-order valence-corrected chi connectivity index (χ0v) is 17.8. The van der Waals surface area contributed by atoms with Gasteiger partial charge in [-0.25, -0.2) is 8.42 Å². The molecule has 2 unspecified atom stereocenters. The van der Waals surface area contributed by atoms with Crippen LogP contribution in [0.4, 0.5) is 0 Å². The maximum atomic E-state index is 13.5. The van der Waals surface area contributed by atoms with Gasteiger partial charge in [0.15, 0.2) is 15.3 Å². The zero-order chi connectivity index (χ0) is 21.9. The molecule has 7 nitrogen and oxygen atoms in total. The van der Waals surface area contributed by atoms with Crippen molar-refractivity contribution in [1.82, 2.24) is 0 Å². The molecule has 30 heavy (non-hydrogen) atoms. The van der Waals surface area contributed by atoms with E-state index in [9.17, 15) is 18.0 Å². The summed E-state index contributed by atoms with van der Waals surface area (Å²) < 4.78 is 42.5. The molecule has 2 aromatic carbocycles. The highest BCUT2D eigenvalue weighted by Crippen LogP contribution is 2.65. The van der Waals surface area contributed by atoms with Crippen LogP contribution in [0.2, 0.25) is 0 Å². The van der Waals surface area contributed by atoms with Crippen LogP contribution in [-0.4, -0.2) is 45.9 Å². The molecule has 2 aromatic rings. The van der Waals surface area contributed by atoms with Crippen LogP contribution in [-0.2, 0) is 28.9 Å². The van der Waals surface area contributed by atoms with E-state index in [-0.39, 0.29) is 18.1 Å². The van der Waals surface area contributed by atoms with Gasteiger partial charge in [0.1, 0.15) is 11.0 Å². The lowest BCUT2D eigenvalue weighted by Crippen LogP contribution is -2.35. The molecule has 8 heteroatoms. The van der Waals surface area contributed by atoms with Gasteiger partial charge in [0.25, 0.3) is 0 Å². The third-order valence-electron chi connectivity index (χ3n) is 5.24. The Bertz CT molecular complexity index is 995. The third kappa shape index (κ3) is 3.45. The number of hydrogen-bond acceptors (Lipinski definition) is 7. The maximum absolute atomic E-state index is 13.5. The first-order valence-electron chi connectivity index (χ1n) is 9.63. The normalized spacial score (nSPS) is 19.6. The number of esters is 2. The van der Waals surface area contributed by atoms with Gasteiger partial charge in [-0.3, -0.25) is 9.59 Å². The number of sulfone groups is 1. The molecule has 1 aliphatic rings. The Kier molecular flexibility index (Phi) is 6.17. The van der Waals surface area contributed by atoms with Crippen molar-refractivity contribution in [2.24, 2.45) is 5.41 Å². The van der Waals surface area contributed by atoms with Crippen LogP contribution in [0.3, 0.4) is 0 Å². The Morgan fingerprint density at radius 3 is 1.90 bits per heavy atom. The van der Waals surface area contributed by atoms with Crippen molar-refractivity contribution in [3.8, 4) is 5.75 Å². The van der Waals surface area contributed by atoms with E-state index in [1.807, 2.05) is 0 Å². The second kappa shape index (κ2) is 8.47. The summed E-state index contributed by atoms with van der Waals surface area (Å²) in [7, 11) is -2.54. The van der Waals surface area contributed by atoms with E-state index in [4.69, 9.17) is 14.2 Å². The smallest absolute Gasteiger partial charge is 0.325 e. The Morgan fingerprint density at radius 1 is 0.900 bits per heavy atom. The van der Waals surface area contributed by atoms with Crippen LogP contribution in [0, 0.1) is 5.41 Å². The van der Waals surface area contributed by atoms with Gasteiger partial charge in [0, 0.05) is 5.92 Å². The van der Waals surface area contributed by atoms with Crippen molar-refractivity contribution in [3.63, 3.8) is 0 Å². The highest BCUT2D eigenvalue weighted by atomic mass is 32.2. The van der Waals surface area contributed by atoms with Crippen LogP contribution >= 0.6 is 0 Å². The lowest BCUT2D eigenvalue weighted by molar-refractivity contribution is -0.164. The van der Waals surface area contributed by atoms with Gasteiger partial charge in [0.2, 0.25) is 0 Å². The third-order valence-corrected chi connectivity index (χ3v) is 7.48. The van der Waals surface area contributed by atoms with Crippen LogP contribution in [0.25, 0.3) is 0 Å². The van der Waals surface area contributed by atoms with E-state index in [1.54, 1.807) is 56.3 Å². The summed E-state index contributed by atoms with van der Waals surface area (Å²) >= 11 is 0. The number of rotatable bonds is 8. The molecule has 1 aliphatic carbocycles. The Balaban J connectivity index is 2.18. The largest absolute Gasteiger partial charge is 0.497 e. The van der Waals surface area contributed by atoms with E-state index in [2.05, 4.69) is 0 Å². The summed E-state index contributed by atoms with van der Waals surface area (Å²) in [6.07, 6.45) is 0. The fraction of sp³-hybridized carbons (Fsp3) is 0.364. The van der Waals surface area contributed by atoms with E-state index in [0.29, 0.717) is 11.3 Å². The van der Waals surface area contributed by atoms with Gasteiger partial charge in [-0.1, -0.05) is 30.3 Å². The second-order valence-electron chi connectivity index (χ2n) is 6.84. The summed E-state index contributed by atoms with van der Waals surface area (Å²) in [6, 6.07) is 14.4. The predicted molar refractivity (Wildman–Crippen MR) is 109 cm³/mol. The van der Waals surface area contributed by atoms with Crippen LogP contribution in [0.1, 0.15) is 25.3 Å². The fourth-order valence-corrected chi connectivity index (χ4v) is 6.17. The van der Waals surface area contributed by atoms with Gasteiger partial charge >= 0.3 is 11.9 Å². The summed E-state index contributed by atoms with van der Waals surface area (Å²) in [4.78, 5) is 26.1. The molecular formula is C22H24O7S. The first kappa shape index (κ1) is 21.8. The number of hydrogen-bond donors (Lipinski definition) is 0. The Hall–Kier alpha value is -2.87. The van der Waals surface area contributed by atoms with E-state index >= 15 is 0 Å². The van der Waals surface area contributed by atoms with Gasteiger partial charge < -0.3 is 14.2 Å². The van der Waals surface area contributed by atoms with Crippen molar-refractivity contribution in [2.45, 2.75) is 29.9 Å². The molecule has 1 fully saturated rings. The molecule has 1 saturated carbocycles. The van der Waals surface area contributed by atoms with E-state index < -0.39 is 38.4 Å². The van der Waals surface area contributed by atoms with Gasteiger partial charge in [0.05, 0.1) is 25.2 Å². The summed E-state index contributed by atoms with van der Waals surface area (Å²) in [6.45, 7) is 3.21. The first-order valence-corrected chi connectivity index (χ1v) is 11.2. The molecule has 0 heterocycles. The van der Waals surface area contributed by atoms with Crippen LogP contribution in [0.5, 0.6) is 5.75 Å². The number of methoxy groups -OCH3 is 1. The van der Waals surface area contributed by atoms with Crippen molar-refractivity contribution in [3.05, 3.63) is 60.2 Å². The van der Waals surface area contributed by atoms with Crippen molar-refractivity contribution in [2.75, 3.05) is 20.3 Å². The molecule has 3 rings (SSSR count). The molecule has 0 radical (unpaired) electrons. The molecule has 0 amide bonds. The number of ether oxygens (including phenoxy) is 3. The quantitative estimate of drug-likeness (QED) is 0.467. The maximum Gasteiger partial charge on any atom is 0.325 e. The summed E-state index contributed by atoms with van der Waals surface area (Å²) in [5.41, 5.74) is -1.45. The fourth-order valence-electron chi connectivity index (χ4n) is 3.86. The van der Waals surface area contributed by atoms with Crippen LogP contribution < -0.4 is 4.74 Å². The van der Waals surface area contributed by atoms with Gasteiger partial charge in [-0.2, -0.15) is 0 Å². The van der Waals surface area contributed by atoms with Crippen molar-refractivity contribution < 1.29 is 32.2 Å². The molecule has 0 saturated heterocycles. The first-order chi connectivity index (χ1) is 14.3. The number of carbonyl (C=O) groups excluding carboxylic acids is 2. The number of carbonyl (C=O) groups is 2. The average Bonchev–Trinajstić information content (AvgIpc) is 3.47. The molecule has 0 aliphatic heterocycles.